The number of carbonyl (C=O) groups is 1. The first-order chi connectivity index (χ1) is 9.24. The van der Waals surface area contributed by atoms with Crippen LogP contribution in [0.3, 0.4) is 0 Å². The minimum atomic E-state index is -0.0139. The first-order valence-electron chi connectivity index (χ1n) is 6.66. The summed E-state index contributed by atoms with van der Waals surface area (Å²) in [5, 5.41) is 6.47. The van der Waals surface area contributed by atoms with Gasteiger partial charge in [0.2, 0.25) is 0 Å². The van der Waals surface area contributed by atoms with E-state index in [9.17, 15) is 4.79 Å². The van der Waals surface area contributed by atoms with Crippen LogP contribution in [0.2, 0.25) is 0 Å². The highest BCUT2D eigenvalue weighted by Crippen LogP contribution is 2.19. The predicted molar refractivity (Wildman–Crippen MR) is 69.7 cm³/mol. The van der Waals surface area contributed by atoms with Crippen molar-refractivity contribution in [3.8, 4) is 0 Å². The van der Waals surface area contributed by atoms with Crippen molar-refractivity contribution >= 4 is 11.7 Å². The van der Waals surface area contributed by atoms with Crippen LogP contribution in [0.5, 0.6) is 0 Å². The Morgan fingerprint density at radius 2 is 2.21 bits per heavy atom. The summed E-state index contributed by atoms with van der Waals surface area (Å²) in [7, 11) is 0. The fourth-order valence-corrected chi connectivity index (χ4v) is 2.78. The summed E-state index contributed by atoms with van der Waals surface area (Å²) in [6, 6.07) is 2.04. The van der Waals surface area contributed by atoms with Crippen molar-refractivity contribution in [3.05, 3.63) is 11.8 Å². The standard InChI is InChI=1S/C12H19N5O2/c13-11-7-10(14-15-11)12(18)17-2-1-9(8-17)16-3-5-19-6-4-16/h7,9H,1-6,8H2,(H3,13,14,15). The Bertz CT molecular complexity index is 455. The zero-order chi connectivity index (χ0) is 13.2. The maximum absolute atomic E-state index is 12.2. The van der Waals surface area contributed by atoms with E-state index < -0.39 is 0 Å². The number of rotatable bonds is 2. The van der Waals surface area contributed by atoms with E-state index in [1.807, 2.05) is 4.90 Å². The van der Waals surface area contributed by atoms with Gasteiger partial charge in [0.15, 0.2) is 0 Å². The van der Waals surface area contributed by atoms with Crippen LogP contribution in [-0.2, 0) is 4.74 Å². The van der Waals surface area contributed by atoms with E-state index in [2.05, 4.69) is 15.1 Å². The van der Waals surface area contributed by atoms with Crippen LogP contribution in [0.4, 0.5) is 5.82 Å². The number of nitrogens with two attached hydrogens (primary N) is 1. The predicted octanol–water partition coefficient (Wildman–Crippen LogP) is -0.461. The summed E-state index contributed by atoms with van der Waals surface area (Å²) in [5.74, 6) is 0.340. The molecule has 0 bridgehead atoms. The largest absolute Gasteiger partial charge is 0.382 e. The highest BCUT2D eigenvalue weighted by molar-refractivity contribution is 5.93. The SMILES string of the molecule is Nc1cc(C(=O)N2CCC(N3CCOCC3)C2)[nH]n1. The number of aromatic nitrogens is 2. The fourth-order valence-electron chi connectivity index (χ4n) is 2.78. The van der Waals surface area contributed by atoms with Crippen molar-refractivity contribution in [3.63, 3.8) is 0 Å². The van der Waals surface area contributed by atoms with E-state index in [0.29, 0.717) is 17.6 Å². The number of hydrogen-bond donors (Lipinski definition) is 2. The number of ether oxygens (including phenoxy) is 1. The smallest absolute Gasteiger partial charge is 0.271 e. The van der Waals surface area contributed by atoms with Crippen LogP contribution in [0.1, 0.15) is 16.9 Å². The second-order valence-corrected chi connectivity index (χ2v) is 5.05. The molecule has 104 valence electrons. The van der Waals surface area contributed by atoms with Crippen molar-refractivity contribution in [2.75, 3.05) is 45.1 Å². The second-order valence-electron chi connectivity index (χ2n) is 5.05. The molecule has 19 heavy (non-hydrogen) atoms. The van der Waals surface area contributed by atoms with E-state index in [0.717, 1.165) is 45.8 Å². The maximum Gasteiger partial charge on any atom is 0.271 e. The number of amides is 1. The molecule has 2 aliphatic heterocycles. The van der Waals surface area contributed by atoms with E-state index in [1.165, 1.54) is 0 Å². The topological polar surface area (TPSA) is 87.5 Å². The number of aromatic amines is 1. The molecule has 0 aliphatic carbocycles. The Hall–Kier alpha value is -1.60. The highest BCUT2D eigenvalue weighted by atomic mass is 16.5. The Balaban J connectivity index is 1.60. The van der Waals surface area contributed by atoms with Gasteiger partial charge in [-0.3, -0.25) is 14.8 Å². The zero-order valence-electron chi connectivity index (χ0n) is 10.8. The van der Waals surface area contributed by atoms with Crippen molar-refractivity contribution in [2.24, 2.45) is 0 Å². The van der Waals surface area contributed by atoms with Crippen molar-refractivity contribution in [1.82, 2.24) is 20.0 Å². The maximum atomic E-state index is 12.2. The van der Waals surface area contributed by atoms with Gasteiger partial charge in [-0.1, -0.05) is 0 Å². The van der Waals surface area contributed by atoms with Crippen LogP contribution >= 0.6 is 0 Å². The van der Waals surface area contributed by atoms with Gasteiger partial charge in [-0.25, -0.2) is 0 Å². The molecule has 1 amide bonds. The number of nitrogens with zero attached hydrogens (tertiary/aromatic N) is 3. The fraction of sp³-hybridized carbons (Fsp3) is 0.667. The molecular formula is C12H19N5O2. The molecular weight excluding hydrogens is 246 g/mol. The number of hydrogen-bond acceptors (Lipinski definition) is 5. The molecule has 2 fully saturated rings. The first-order valence-corrected chi connectivity index (χ1v) is 6.66. The van der Waals surface area contributed by atoms with E-state index in [4.69, 9.17) is 10.5 Å². The molecule has 0 aromatic carbocycles. The minimum Gasteiger partial charge on any atom is -0.382 e. The summed E-state index contributed by atoms with van der Waals surface area (Å²) in [5.41, 5.74) is 6.00. The van der Waals surface area contributed by atoms with Crippen LogP contribution in [-0.4, -0.2) is 71.3 Å². The molecule has 0 radical (unpaired) electrons. The molecule has 1 aromatic rings. The Labute approximate surface area is 111 Å². The lowest BCUT2D eigenvalue weighted by molar-refractivity contribution is 0.0185. The van der Waals surface area contributed by atoms with Crippen LogP contribution in [0, 0.1) is 0 Å². The van der Waals surface area contributed by atoms with Gasteiger partial charge in [0.05, 0.1) is 13.2 Å². The number of morpholine rings is 1. The molecule has 1 atom stereocenters. The van der Waals surface area contributed by atoms with E-state index in [-0.39, 0.29) is 5.91 Å². The van der Waals surface area contributed by atoms with E-state index in [1.54, 1.807) is 6.07 Å². The molecule has 1 unspecified atom stereocenters. The number of H-pyrrole nitrogens is 1. The van der Waals surface area contributed by atoms with Gasteiger partial charge in [-0.2, -0.15) is 5.10 Å². The minimum absolute atomic E-state index is 0.0139. The lowest BCUT2D eigenvalue weighted by Crippen LogP contribution is -2.45. The zero-order valence-corrected chi connectivity index (χ0v) is 10.8. The third kappa shape index (κ3) is 2.57. The van der Waals surface area contributed by atoms with Crippen LogP contribution in [0.15, 0.2) is 6.07 Å². The normalized spacial score (nSPS) is 24.8. The third-order valence-corrected chi connectivity index (χ3v) is 3.84. The van der Waals surface area contributed by atoms with Gasteiger partial charge in [0, 0.05) is 38.3 Å². The summed E-state index contributed by atoms with van der Waals surface area (Å²) >= 11 is 0. The van der Waals surface area contributed by atoms with Crippen molar-refractivity contribution in [2.45, 2.75) is 12.5 Å². The molecule has 3 rings (SSSR count). The number of nitrogens with one attached hydrogen (secondary N) is 1. The molecule has 7 heteroatoms. The quantitative estimate of drug-likeness (QED) is 0.755. The van der Waals surface area contributed by atoms with Crippen molar-refractivity contribution < 1.29 is 9.53 Å². The Kier molecular flexibility index (Phi) is 3.39. The molecule has 0 saturated carbocycles. The molecule has 7 nitrogen and oxygen atoms in total. The second kappa shape index (κ2) is 5.18. The summed E-state index contributed by atoms with van der Waals surface area (Å²) in [6.45, 7) is 5.08. The lowest BCUT2D eigenvalue weighted by Gasteiger charge is -2.31. The molecule has 0 spiro atoms. The molecule has 3 heterocycles. The third-order valence-electron chi connectivity index (χ3n) is 3.84. The average Bonchev–Trinajstić information content (AvgIpc) is 3.08. The van der Waals surface area contributed by atoms with Gasteiger partial charge in [-0.15, -0.1) is 0 Å². The molecule has 3 N–H and O–H groups in total. The van der Waals surface area contributed by atoms with Gasteiger partial charge < -0.3 is 15.4 Å². The monoisotopic (exact) mass is 265 g/mol. The summed E-state index contributed by atoms with van der Waals surface area (Å²) in [4.78, 5) is 16.5. The lowest BCUT2D eigenvalue weighted by atomic mass is 10.2. The van der Waals surface area contributed by atoms with E-state index >= 15 is 0 Å². The highest BCUT2D eigenvalue weighted by Gasteiger charge is 2.32. The number of likely N-dealkylation sites (tertiary alicyclic amines) is 1. The van der Waals surface area contributed by atoms with Gasteiger partial charge in [0.25, 0.3) is 5.91 Å². The Morgan fingerprint density at radius 3 is 2.89 bits per heavy atom. The molecule has 1 aromatic heterocycles. The van der Waals surface area contributed by atoms with Gasteiger partial charge >= 0.3 is 0 Å². The summed E-state index contributed by atoms with van der Waals surface area (Å²) < 4.78 is 5.36. The van der Waals surface area contributed by atoms with Gasteiger partial charge in [-0.05, 0) is 6.42 Å². The number of carbonyl (C=O) groups excluding carboxylic acids is 1. The molecule has 2 aliphatic rings. The number of anilines is 1. The first kappa shape index (κ1) is 12.4. The average molecular weight is 265 g/mol. The van der Waals surface area contributed by atoms with Crippen LogP contribution in [0.25, 0.3) is 0 Å². The van der Waals surface area contributed by atoms with Crippen LogP contribution < -0.4 is 5.73 Å². The molecule has 2 saturated heterocycles. The van der Waals surface area contributed by atoms with Crippen molar-refractivity contribution in [1.29, 1.82) is 0 Å². The Morgan fingerprint density at radius 1 is 1.42 bits per heavy atom. The summed E-state index contributed by atoms with van der Waals surface area (Å²) in [6.07, 6.45) is 1.02. The number of nitrogen functional groups attached to an aromatic ring is 1. The van der Waals surface area contributed by atoms with Gasteiger partial charge in [0.1, 0.15) is 11.5 Å².